The van der Waals surface area contributed by atoms with Crippen LogP contribution in [0, 0.1) is 0 Å². The minimum atomic E-state index is -0.194. The van der Waals surface area contributed by atoms with Crippen LogP contribution in [0.1, 0.15) is 61.8 Å². The van der Waals surface area contributed by atoms with Crippen molar-refractivity contribution >= 4 is 23.4 Å². The lowest BCUT2D eigenvalue weighted by molar-refractivity contribution is -0.140. The minimum absolute atomic E-state index is 0.122. The third-order valence-corrected chi connectivity index (χ3v) is 3.70. The summed E-state index contributed by atoms with van der Waals surface area (Å²) >= 11 is 1.13. The minimum Gasteiger partial charge on any atom is -0.469 e. The zero-order valence-electron chi connectivity index (χ0n) is 13.1. The van der Waals surface area contributed by atoms with Gasteiger partial charge in [-0.15, -0.1) is 5.10 Å². The van der Waals surface area contributed by atoms with Gasteiger partial charge in [0.15, 0.2) is 0 Å². The molecule has 0 fully saturated rings. The van der Waals surface area contributed by atoms with Gasteiger partial charge >= 0.3 is 5.97 Å². The van der Waals surface area contributed by atoms with Crippen molar-refractivity contribution in [2.75, 3.05) is 13.7 Å². The second kappa shape index (κ2) is 8.07. The molecule has 6 nitrogen and oxygen atoms in total. The molecular weight excluding hydrogens is 290 g/mol. The predicted molar refractivity (Wildman–Crippen MR) is 81.4 cm³/mol. The highest BCUT2D eigenvalue weighted by Crippen LogP contribution is 2.25. The molecule has 0 aromatic carbocycles. The van der Waals surface area contributed by atoms with Crippen LogP contribution in [0.5, 0.6) is 0 Å². The Bertz CT molecular complexity index is 480. The van der Waals surface area contributed by atoms with E-state index in [0.717, 1.165) is 36.5 Å². The Kier molecular flexibility index (Phi) is 6.74. The first-order valence-corrected chi connectivity index (χ1v) is 7.81. The molecule has 0 aliphatic carbocycles. The standard InChI is InChI=1S/C14H23N3O3S/c1-14(2,3)12-11(21-17-16-12)13(19)15-9-7-5-6-8-10(18)20-4/h5-9H2,1-4H3,(H,15,19). The highest BCUT2D eigenvalue weighted by Gasteiger charge is 2.25. The van der Waals surface area contributed by atoms with Crippen LogP contribution < -0.4 is 5.32 Å². The smallest absolute Gasteiger partial charge is 0.305 e. The van der Waals surface area contributed by atoms with Crippen molar-refractivity contribution in [2.24, 2.45) is 0 Å². The van der Waals surface area contributed by atoms with Crippen LogP contribution in [0.15, 0.2) is 0 Å². The number of methoxy groups -OCH3 is 1. The molecule has 0 bridgehead atoms. The summed E-state index contributed by atoms with van der Waals surface area (Å²) in [6.07, 6.45) is 2.91. The van der Waals surface area contributed by atoms with Crippen LogP contribution in [0.4, 0.5) is 0 Å². The summed E-state index contributed by atoms with van der Waals surface area (Å²) in [5.74, 6) is -0.313. The van der Waals surface area contributed by atoms with Gasteiger partial charge in [0.05, 0.1) is 12.8 Å². The summed E-state index contributed by atoms with van der Waals surface area (Å²) in [7, 11) is 1.39. The lowest BCUT2D eigenvalue weighted by Gasteiger charge is -2.16. The number of unbranched alkanes of at least 4 members (excludes halogenated alkanes) is 2. The van der Waals surface area contributed by atoms with Crippen molar-refractivity contribution in [3.63, 3.8) is 0 Å². The van der Waals surface area contributed by atoms with Crippen LogP contribution >= 0.6 is 11.5 Å². The highest BCUT2D eigenvalue weighted by molar-refractivity contribution is 7.08. The molecule has 0 atom stereocenters. The van der Waals surface area contributed by atoms with Gasteiger partial charge in [-0.3, -0.25) is 9.59 Å². The zero-order valence-corrected chi connectivity index (χ0v) is 13.9. The molecule has 1 heterocycles. The number of carbonyl (C=O) groups is 2. The Morgan fingerprint density at radius 2 is 1.95 bits per heavy atom. The largest absolute Gasteiger partial charge is 0.469 e. The van der Waals surface area contributed by atoms with Crippen LogP contribution in [0.25, 0.3) is 0 Å². The number of rotatable bonds is 7. The van der Waals surface area contributed by atoms with Crippen LogP contribution in [-0.4, -0.2) is 35.1 Å². The van der Waals surface area contributed by atoms with Crippen LogP contribution in [-0.2, 0) is 14.9 Å². The maximum Gasteiger partial charge on any atom is 0.305 e. The van der Waals surface area contributed by atoms with Crippen LogP contribution in [0.3, 0.4) is 0 Å². The Morgan fingerprint density at radius 1 is 1.24 bits per heavy atom. The molecule has 1 N–H and O–H groups in total. The molecule has 0 radical (unpaired) electrons. The van der Waals surface area contributed by atoms with Gasteiger partial charge in [0.2, 0.25) is 0 Å². The molecule has 0 saturated heterocycles. The summed E-state index contributed by atoms with van der Waals surface area (Å²) in [6, 6.07) is 0. The molecule has 1 amide bonds. The van der Waals surface area contributed by atoms with Crippen molar-refractivity contribution in [1.82, 2.24) is 14.9 Å². The molecule has 0 aliphatic rings. The Hall–Kier alpha value is -1.50. The molecular formula is C14H23N3O3S. The van der Waals surface area contributed by atoms with Gasteiger partial charge in [0, 0.05) is 18.4 Å². The van der Waals surface area contributed by atoms with E-state index < -0.39 is 0 Å². The van der Waals surface area contributed by atoms with Crippen molar-refractivity contribution in [3.8, 4) is 0 Å². The molecule has 118 valence electrons. The average Bonchev–Trinajstić information content (AvgIpc) is 2.91. The topological polar surface area (TPSA) is 81.2 Å². The van der Waals surface area contributed by atoms with E-state index in [1.807, 2.05) is 20.8 Å². The number of nitrogens with zero attached hydrogens (tertiary/aromatic N) is 2. The Balaban J connectivity index is 2.32. The number of aromatic nitrogens is 2. The lowest BCUT2D eigenvalue weighted by Crippen LogP contribution is -2.27. The van der Waals surface area contributed by atoms with Gasteiger partial charge in [0.25, 0.3) is 5.91 Å². The fourth-order valence-corrected chi connectivity index (χ4v) is 2.58. The lowest BCUT2D eigenvalue weighted by atomic mass is 9.91. The van der Waals surface area contributed by atoms with Crippen molar-refractivity contribution in [3.05, 3.63) is 10.6 Å². The second-order valence-corrected chi connectivity index (χ2v) is 6.60. The molecule has 0 unspecified atom stereocenters. The number of hydrogen-bond donors (Lipinski definition) is 1. The number of carbonyl (C=O) groups excluding carboxylic acids is 2. The van der Waals surface area contributed by atoms with E-state index in [9.17, 15) is 9.59 Å². The first-order chi connectivity index (χ1) is 9.86. The van der Waals surface area contributed by atoms with E-state index >= 15 is 0 Å². The predicted octanol–water partition coefficient (Wildman–Crippen LogP) is 2.30. The zero-order chi connectivity index (χ0) is 15.9. The Morgan fingerprint density at radius 3 is 2.57 bits per heavy atom. The quantitative estimate of drug-likeness (QED) is 0.617. The summed E-state index contributed by atoms with van der Waals surface area (Å²) in [5, 5.41) is 6.93. The third-order valence-electron chi connectivity index (χ3n) is 2.98. The van der Waals surface area contributed by atoms with E-state index in [1.165, 1.54) is 7.11 Å². The fraction of sp³-hybridized carbons (Fsp3) is 0.714. The van der Waals surface area contributed by atoms with Gasteiger partial charge < -0.3 is 10.1 Å². The molecule has 1 rings (SSSR count). The molecule has 1 aromatic rings. The summed E-state index contributed by atoms with van der Waals surface area (Å²) in [4.78, 5) is 23.6. The van der Waals surface area contributed by atoms with E-state index in [4.69, 9.17) is 0 Å². The number of esters is 1. The van der Waals surface area contributed by atoms with Crippen molar-refractivity contribution < 1.29 is 14.3 Å². The van der Waals surface area contributed by atoms with E-state index in [-0.39, 0.29) is 17.3 Å². The van der Waals surface area contributed by atoms with Gasteiger partial charge in [-0.05, 0) is 24.4 Å². The van der Waals surface area contributed by atoms with Gasteiger partial charge in [-0.25, -0.2) is 0 Å². The molecule has 7 heteroatoms. The SMILES string of the molecule is COC(=O)CCCCCNC(=O)c1snnc1C(C)(C)C. The monoisotopic (exact) mass is 313 g/mol. The first kappa shape index (κ1) is 17.6. The molecule has 0 saturated carbocycles. The van der Waals surface area contributed by atoms with Crippen molar-refractivity contribution in [2.45, 2.75) is 51.9 Å². The van der Waals surface area contributed by atoms with Gasteiger partial charge in [-0.1, -0.05) is 31.7 Å². The summed E-state index contributed by atoms with van der Waals surface area (Å²) in [5.41, 5.74) is 0.538. The normalized spacial score (nSPS) is 11.2. The number of hydrogen-bond acceptors (Lipinski definition) is 6. The van der Waals surface area contributed by atoms with E-state index in [1.54, 1.807) is 0 Å². The fourth-order valence-electron chi connectivity index (χ4n) is 1.79. The van der Waals surface area contributed by atoms with Crippen LogP contribution in [0.2, 0.25) is 0 Å². The second-order valence-electron chi connectivity index (χ2n) is 5.84. The third kappa shape index (κ3) is 5.79. The van der Waals surface area contributed by atoms with E-state index in [2.05, 4.69) is 19.6 Å². The number of nitrogens with one attached hydrogen (secondary N) is 1. The van der Waals surface area contributed by atoms with Gasteiger partial charge in [-0.2, -0.15) is 0 Å². The van der Waals surface area contributed by atoms with Gasteiger partial charge in [0.1, 0.15) is 4.88 Å². The molecule has 21 heavy (non-hydrogen) atoms. The molecule has 0 aliphatic heterocycles. The number of amides is 1. The summed E-state index contributed by atoms with van der Waals surface area (Å²) in [6.45, 7) is 6.61. The Labute approximate surface area is 129 Å². The maximum atomic E-state index is 12.1. The maximum absolute atomic E-state index is 12.1. The molecule has 0 spiro atoms. The van der Waals surface area contributed by atoms with E-state index in [0.29, 0.717) is 17.8 Å². The summed E-state index contributed by atoms with van der Waals surface area (Å²) < 4.78 is 8.44. The van der Waals surface area contributed by atoms with Crippen molar-refractivity contribution in [1.29, 1.82) is 0 Å². The number of ether oxygens (including phenoxy) is 1. The average molecular weight is 313 g/mol. The highest BCUT2D eigenvalue weighted by atomic mass is 32.1. The first-order valence-electron chi connectivity index (χ1n) is 7.04. The molecule has 1 aromatic heterocycles.